The first-order valence-electron chi connectivity index (χ1n) is 11.4. The summed E-state index contributed by atoms with van der Waals surface area (Å²) in [4.78, 5) is 25.9. The third-order valence-electron chi connectivity index (χ3n) is 5.94. The first-order chi connectivity index (χ1) is 17.5. The molecule has 1 aliphatic heterocycles. The molecule has 0 radical (unpaired) electrons. The number of fused-ring (bicyclic) bond motifs is 1. The van der Waals surface area contributed by atoms with E-state index in [-0.39, 0.29) is 17.4 Å². The van der Waals surface area contributed by atoms with Crippen molar-refractivity contribution in [3.63, 3.8) is 0 Å². The summed E-state index contributed by atoms with van der Waals surface area (Å²) in [6.07, 6.45) is 1.13. The Morgan fingerprint density at radius 1 is 0.944 bits per heavy atom. The Labute approximate surface area is 208 Å². The van der Waals surface area contributed by atoms with Gasteiger partial charge in [0.1, 0.15) is 17.2 Å². The Morgan fingerprint density at radius 2 is 1.67 bits per heavy atom. The molecule has 5 rings (SSSR count). The van der Waals surface area contributed by atoms with Crippen LogP contribution in [0, 0.1) is 0 Å². The van der Waals surface area contributed by atoms with E-state index in [2.05, 4.69) is 5.32 Å². The van der Waals surface area contributed by atoms with Gasteiger partial charge in [0, 0.05) is 16.8 Å². The van der Waals surface area contributed by atoms with Crippen LogP contribution >= 0.6 is 0 Å². The molecule has 1 atom stereocenters. The zero-order chi connectivity index (χ0) is 25.1. The Kier molecular flexibility index (Phi) is 6.24. The fourth-order valence-corrected chi connectivity index (χ4v) is 4.07. The van der Waals surface area contributed by atoms with Crippen LogP contribution < -0.4 is 14.8 Å². The molecule has 0 aromatic heterocycles. The van der Waals surface area contributed by atoms with Gasteiger partial charge in [0.15, 0.2) is 11.9 Å². The number of carbonyl (C=O) groups is 2. The monoisotopic (exact) mass is 477 g/mol. The Bertz CT molecular complexity index is 1440. The van der Waals surface area contributed by atoms with E-state index in [9.17, 15) is 14.7 Å². The van der Waals surface area contributed by atoms with Gasteiger partial charge in [0.2, 0.25) is 0 Å². The van der Waals surface area contributed by atoms with Crippen molar-refractivity contribution >= 4 is 23.5 Å². The number of anilines is 1. The summed E-state index contributed by atoms with van der Waals surface area (Å²) < 4.78 is 11.5. The largest absolute Gasteiger partial charge is 0.508 e. The predicted octanol–water partition coefficient (Wildman–Crippen LogP) is 6.05. The highest BCUT2D eigenvalue weighted by molar-refractivity contribution is 6.15. The van der Waals surface area contributed by atoms with Crippen molar-refractivity contribution in [2.45, 2.75) is 6.10 Å². The summed E-state index contributed by atoms with van der Waals surface area (Å²) in [5, 5.41) is 12.8. The molecule has 2 N–H and O–H groups in total. The molecular weight excluding hydrogens is 454 g/mol. The van der Waals surface area contributed by atoms with Crippen molar-refractivity contribution in [1.29, 1.82) is 0 Å². The van der Waals surface area contributed by atoms with Gasteiger partial charge < -0.3 is 19.9 Å². The summed E-state index contributed by atoms with van der Waals surface area (Å²) in [6.45, 7) is 0. The second-order valence-corrected chi connectivity index (χ2v) is 8.32. The lowest BCUT2D eigenvalue weighted by atomic mass is 9.89. The van der Waals surface area contributed by atoms with Gasteiger partial charge in [-0.2, -0.15) is 0 Å². The lowest BCUT2D eigenvalue weighted by Crippen LogP contribution is -2.23. The molecule has 6 heteroatoms. The van der Waals surface area contributed by atoms with E-state index in [0.717, 1.165) is 11.1 Å². The third-order valence-corrected chi connectivity index (χ3v) is 5.94. The summed E-state index contributed by atoms with van der Waals surface area (Å²) in [7, 11) is 1.59. The van der Waals surface area contributed by atoms with Crippen LogP contribution in [0.25, 0.3) is 6.08 Å². The molecule has 0 fully saturated rings. The SMILES string of the molecule is COc1ccc(C2Oc3ccc(O)cc3C(=O)C2=Cc2ccc(NC(=O)c3ccccc3)cc2)cc1. The van der Waals surface area contributed by atoms with Crippen LogP contribution in [0.15, 0.2) is 103 Å². The maximum Gasteiger partial charge on any atom is 0.255 e. The van der Waals surface area contributed by atoms with Gasteiger partial charge in [-0.05, 0) is 71.8 Å². The number of aromatic hydroxyl groups is 1. The minimum absolute atomic E-state index is 0.00791. The highest BCUT2D eigenvalue weighted by atomic mass is 16.5. The number of benzene rings is 4. The van der Waals surface area contributed by atoms with Crippen molar-refractivity contribution in [1.82, 2.24) is 0 Å². The van der Waals surface area contributed by atoms with Gasteiger partial charge >= 0.3 is 0 Å². The molecule has 0 spiro atoms. The van der Waals surface area contributed by atoms with E-state index < -0.39 is 6.10 Å². The minimum atomic E-state index is -0.641. The Hall–Kier alpha value is -4.84. The molecule has 0 aliphatic carbocycles. The summed E-state index contributed by atoms with van der Waals surface area (Å²) >= 11 is 0. The van der Waals surface area contributed by atoms with Crippen LogP contribution in [0.4, 0.5) is 5.69 Å². The Morgan fingerprint density at radius 3 is 2.36 bits per heavy atom. The van der Waals surface area contributed by atoms with E-state index in [1.807, 2.05) is 54.6 Å². The van der Waals surface area contributed by atoms with Crippen molar-refractivity contribution in [2.24, 2.45) is 0 Å². The van der Waals surface area contributed by atoms with Crippen molar-refractivity contribution in [3.05, 3.63) is 125 Å². The number of Topliss-reactive ketones (excluding diaryl/α,β-unsaturated/α-hetero) is 1. The van der Waals surface area contributed by atoms with E-state index in [1.54, 1.807) is 43.5 Å². The number of rotatable bonds is 5. The summed E-state index contributed by atoms with van der Waals surface area (Å²) in [5.41, 5.74) is 3.50. The molecule has 1 amide bonds. The zero-order valence-corrected chi connectivity index (χ0v) is 19.5. The van der Waals surface area contributed by atoms with Gasteiger partial charge in [-0.3, -0.25) is 9.59 Å². The second-order valence-electron chi connectivity index (χ2n) is 8.32. The normalized spacial score (nSPS) is 15.6. The van der Waals surface area contributed by atoms with E-state index in [4.69, 9.17) is 9.47 Å². The number of ketones is 1. The van der Waals surface area contributed by atoms with E-state index >= 15 is 0 Å². The number of ether oxygens (including phenoxy) is 2. The quantitative estimate of drug-likeness (QED) is 0.342. The molecule has 0 saturated carbocycles. The molecule has 1 unspecified atom stereocenters. The van der Waals surface area contributed by atoms with Gasteiger partial charge in [0.25, 0.3) is 5.91 Å². The smallest absolute Gasteiger partial charge is 0.255 e. The molecule has 36 heavy (non-hydrogen) atoms. The number of carbonyl (C=O) groups excluding carboxylic acids is 2. The number of amides is 1. The number of phenolic OH excluding ortho intramolecular Hbond substituents is 1. The van der Waals surface area contributed by atoms with Gasteiger partial charge in [-0.15, -0.1) is 0 Å². The number of hydrogen-bond donors (Lipinski definition) is 2. The van der Waals surface area contributed by atoms with E-state index in [1.165, 1.54) is 12.1 Å². The van der Waals surface area contributed by atoms with E-state index in [0.29, 0.717) is 33.9 Å². The molecule has 1 aliphatic rings. The highest BCUT2D eigenvalue weighted by Crippen LogP contribution is 2.40. The topological polar surface area (TPSA) is 84.9 Å². The minimum Gasteiger partial charge on any atom is -0.508 e. The molecule has 1 heterocycles. The molecule has 178 valence electrons. The van der Waals surface area contributed by atoms with Gasteiger partial charge in [-0.25, -0.2) is 0 Å². The summed E-state index contributed by atoms with van der Waals surface area (Å²) in [5.74, 6) is 0.675. The molecule has 6 nitrogen and oxygen atoms in total. The fourth-order valence-electron chi connectivity index (χ4n) is 4.07. The second kappa shape index (κ2) is 9.80. The third kappa shape index (κ3) is 4.70. The first-order valence-corrected chi connectivity index (χ1v) is 11.4. The Balaban J connectivity index is 1.47. The average Bonchev–Trinajstić information content (AvgIpc) is 2.92. The van der Waals surface area contributed by atoms with Gasteiger partial charge in [0.05, 0.1) is 12.7 Å². The van der Waals surface area contributed by atoms with Crippen LogP contribution in [0.5, 0.6) is 17.2 Å². The van der Waals surface area contributed by atoms with Crippen LogP contribution in [0.2, 0.25) is 0 Å². The fraction of sp³-hybridized carbons (Fsp3) is 0.0667. The number of methoxy groups -OCH3 is 1. The maximum atomic E-state index is 13.5. The van der Waals surface area contributed by atoms with Crippen LogP contribution in [-0.2, 0) is 0 Å². The van der Waals surface area contributed by atoms with Crippen LogP contribution in [0.3, 0.4) is 0 Å². The number of hydrogen-bond acceptors (Lipinski definition) is 5. The highest BCUT2D eigenvalue weighted by Gasteiger charge is 2.33. The van der Waals surface area contributed by atoms with Gasteiger partial charge in [-0.1, -0.05) is 42.5 Å². The zero-order valence-electron chi connectivity index (χ0n) is 19.5. The lowest BCUT2D eigenvalue weighted by Gasteiger charge is -2.28. The van der Waals surface area contributed by atoms with Crippen LogP contribution in [0.1, 0.15) is 37.9 Å². The summed E-state index contributed by atoms with van der Waals surface area (Å²) in [6, 6.07) is 28.0. The molecule has 4 aromatic rings. The standard InChI is InChI=1S/C30H23NO5/c1-35-24-14-9-20(10-15-24)29-26(28(33)25-18-23(32)13-16-27(25)36-29)17-19-7-11-22(12-8-19)31-30(34)21-5-3-2-4-6-21/h2-18,29,32H,1H3,(H,31,34). The predicted molar refractivity (Wildman–Crippen MR) is 138 cm³/mol. The van der Waals surface area contributed by atoms with Crippen LogP contribution in [-0.4, -0.2) is 23.9 Å². The number of phenols is 1. The molecule has 0 saturated heterocycles. The van der Waals surface area contributed by atoms with Crippen molar-refractivity contribution in [2.75, 3.05) is 12.4 Å². The molecule has 4 aromatic carbocycles. The first kappa shape index (κ1) is 22.9. The maximum absolute atomic E-state index is 13.5. The average molecular weight is 478 g/mol. The van der Waals surface area contributed by atoms with Crippen molar-refractivity contribution in [3.8, 4) is 17.2 Å². The van der Waals surface area contributed by atoms with Crippen molar-refractivity contribution < 1.29 is 24.2 Å². The number of nitrogens with one attached hydrogen (secondary N) is 1. The molecular formula is C30H23NO5. The molecule has 0 bridgehead atoms. The lowest BCUT2D eigenvalue weighted by molar-refractivity contribution is 0.0961.